The third-order valence-corrected chi connectivity index (χ3v) is 4.82. The molecule has 1 aliphatic rings. The van der Waals surface area contributed by atoms with E-state index in [0.29, 0.717) is 25.6 Å². The van der Waals surface area contributed by atoms with Crippen LogP contribution in [0, 0.1) is 0 Å². The molecule has 34 heavy (non-hydrogen) atoms. The lowest BCUT2D eigenvalue weighted by molar-refractivity contribution is -0.170. The minimum absolute atomic E-state index is 0.0257. The molecule has 14 nitrogen and oxygen atoms in total. The molecule has 2 heterocycles. The van der Waals surface area contributed by atoms with Gasteiger partial charge in [-0.25, -0.2) is 4.79 Å². The number of anilines is 1. The summed E-state index contributed by atoms with van der Waals surface area (Å²) in [6.07, 6.45) is -2.87. The fraction of sp³-hybridized carbons (Fsp3) is 0.737. The van der Waals surface area contributed by atoms with E-state index < -0.39 is 42.5 Å². The van der Waals surface area contributed by atoms with Gasteiger partial charge in [-0.2, -0.15) is 4.37 Å². The summed E-state index contributed by atoms with van der Waals surface area (Å²) in [6, 6.07) is 0. The van der Waals surface area contributed by atoms with Gasteiger partial charge in [-0.15, -0.1) is 4.37 Å². The van der Waals surface area contributed by atoms with Crippen molar-refractivity contribution in [1.82, 2.24) is 14.1 Å². The van der Waals surface area contributed by atoms with Gasteiger partial charge in [0, 0.05) is 25.2 Å². The lowest BCUT2D eigenvalue weighted by atomic mass is 9.96. The summed E-state index contributed by atoms with van der Waals surface area (Å²) in [5.41, 5.74) is -2.76. The Morgan fingerprint density at radius 1 is 1.12 bits per heavy atom. The Morgan fingerprint density at radius 2 is 1.68 bits per heavy atom. The van der Waals surface area contributed by atoms with Gasteiger partial charge < -0.3 is 45.2 Å². The number of carboxylic acids is 3. The van der Waals surface area contributed by atoms with Crippen LogP contribution in [0.3, 0.4) is 0 Å². The number of rotatable bonds is 11. The number of ether oxygens (including phenoxy) is 2. The predicted molar refractivity (Wildman–Crippen MR) is 119 cm³/mol. The van der Waals surface area contributed by atoms with Crippen LogP contribution in [0.5, 0.6) is 5.88 Å². The molecule has 0 radical (unpaired) electrons. The summed E-state index contributed by atoms with van der Waals surface area (Å²) < 4.78 is 19.4. The fourth-order valence-electron chi connectivity index (χ4n) is 2.61. The monoisotopic (exact) mass is 508 g/mol. The SMILES string of the molecule is CC(C)(C)NC[C@H](O)COc1nsnc1N1CCOCC1.O=C(O)CC(O)(CC(=O)O)C(=O)O. The van der Waals surface area contributed by atoms with E-state index in [1.165, 1.54) is 0 Å². The van der Waals surface area contributed by atoms with Gasteiger partial charge in [0.2, 0.25) is 5.82 Å². The molecule has 1 fully saturated rings. The highest BCUT2D eigenvalue weighted by Crippen LogP contribution is 2.26. The smallest absolute Gasteiger partial charge is 0.336 e. The lowest BCUT2D eigenvalue weighted by Crippen LogP contribution is -2.42. The zero-order valence-corrected chi connectivity index (χ0v) is 20.1. The zero-order chi connectivity index (χ0) is 25.9. The second kappa shape index (κ2) is 13.3. The Labute approximate surface area is 200 Å². The van der Waals surface area contributed by atoms with Crippen LogP contribution in [0.15, 0.2) is 0 Å². The average molecular weight is 509 g/mol. The number of morpholine rings is 1. The van der Waals surface area contributed by atoms with Crippen molar-refractivity contribution in [3.63, 3.8) is 0 Å². The van der Waals surface area contributed by atoms with Gasteiger partial charge in [0.25, 0.3) is 5.88 Å². The Kier molecular flexibility index (Phi) is 11.5. The molecule has 0 amide bonds. The Morgan fingerprint density at radius 3 is 2.15 bits per heavy atom. The summed E-state index contributed by atoms with van der Waals surface area (Å²) in [5, 5.41) is 47.0. The molecule has 0 unspecified atom stereocenters. The van der Waals surface area contributed by atoms with Gasteiger partial charge >= 0.3 is 17.9 Å². The number of nitrogens with one attached hydrogen (secondary N) is 1. The first-order chi connectivity index (χ1) is 15.7. The van der Waals surface area contributed by atoms with E-state index in [0.717, 1.165) is 30.6 Å². The molecule has 1 atom stereocenters. The summed E-state index contributed by atoms with van der Waals surface area (Å²) in [6.45, 7) is 9.81. The van der Waals surface area contributed by atoms with Crippen molar-refractivity contribution in [2.45, 2.75) is 50.9 Å². The van der Waals surface area contributed by atoms with Crippen molar-refractivity contribution in [2.24, 2.45) is 0 Å². The van der Waals surface area contributed by atoms with Crippen LogP contribution in [0.4, 0.5) is 5.82 Å². The average Bonchev–Trinajstić information content (AvgIpc) is 3.18. The maximum Gasteiger partial charge on any atom is 0.336 e. The third kappa shape index (κ3) is 11.0. The van der Waals surface area contributed by atoms with E-state index in [-0.39, 0.29) is 12.1 Å². The van der Waals surface area contributed by atoms with Crippen molar-refractivity contribution < 1.29 is 49.4 Å². The Bertz CT molecular complexity index is 791. The molecule has 1 saturated heterocycles. The van der Waals surface area contributed by atoms with Gasteiger partial charge in [0.15, 0.2) is 5.60 Å². The molecule has 2 rings (SSSR count). The number of nitrogens with zero attached hydrogens (tertiary/aromatic N) is 3. The highest BCUT2D eigenvalue weighted by molar-refractivity contribution is 6.99. The maximum atomic E-state index is 10.3. The van der Waals surface area contributed by atoms with E-state index >= 15 is 0 Å². The fourth-order valence-corrected chi connectivity index (χ4v) is 3.13. The number of aliphatic carboxylic acids is 3. The van der Waals surface area contributed by atoms with Gasteiger partial charge in [0.05, 0.1) is 37.8 Å². The first-order valence-corrected chi connectivity index (χ1v) is 11.1. The number of carbonyl (C=O) groups is 3. The number of carboxylic acid groups (broad SMARTS) is 3. The molecule has 6 N–H and O–H groups in total. The van der Waals surface area contributed by atoms with E-state index in [1.54, 1.807) is 0 Å². The molecular weight excluding hydrogens is 476 g/mol. The van der Waals surface area contributed by atoms with E-state index in [4.69, 9.17) is 29.9 Å². The molecule has 1 aromatic heterocycles. The van der Waals surface area contributed by atoms with Crippen molar-refractivity contribution in [1.29, 1.82) is 0 Å². The summed E-state index contributed by atoms with van der Waals surface area (Å²) in [7, 11) is 0. The number of hydrogen-bond acceptors (Lipinski definition) is 12. The van der Waals surface area contributed by atoms with E-state index in [2.05, 4.69) is 39.7 Å². The molecule has 0 bridgehead atoms. The molecular formula is C19H32N4O10S. The van der Waals surface area contributed by atoms with Gasteiger partial charge in [-0.3, -0.25) is 9.59 Å². The molecule has 194 valence electrons. The van der Waals surface area contributed by atoms with Crippen molar-refractivity contribution in [3.8, 4) is 5.88 Å². The standard InChI is InChI=1S/C13H24N4O3S.C6H8O7/c1-13(2,3)14-8-10(18)9-20-12-11(15-21-16-12)17-4-6-19-7-5-17;7-3(8)1-6(13,5(11)12)2-4(9)10/h10,14,18H,4-9H2,1-3H3;13H,1-2H2,(H,7,8)(H,9,10)(H,11,12)/t10-;/m0./s1. The van der Waals surface area contributed by atoms with Gasteiger partial charge in [-0.1, -0.05) is 0 Å². The normalized spacial score (nSPS) is 15.1. The lowest BCUT2D eigenvalue weighted by Gasteiger charge is -2.27. The largest absolute Gasteiger partial charge is 0.481 e. The molecule has 1 aromatic rings. The van der Waals surface area contributed by atoms with Crippen molar-refractivity contribution in [3.05, 3.63) is 0 Å². The number of β-amino-alcohol motifs (C(OH)–C–C–N with tert-alkyl or cyclic N) is 1. The summed E-state index contributed by atoms with van der Waals surface area (Å²) in [5.74, 6) is -3.77. The second-order valence-corrected chi connectivity index (χ2v) is 9.09. The maximum absolute atomic E-state index is 10.3. The molecule has 0 spiro atoms. The van der Waals surface area contributed by atoms with Crippen LogP contribution < -0.4 is 15.0 Å². The number of hydrogen-bond donors (Lipinski definition) is 6. The molecule has 15 heteroatoms. The molecule has 0 saturated carbocycles. The van der Waals surface area contributed by atoms with Crippen LogP contribution in [-0.2, 0) is 19.1 Å². The van der Waals surface area contributed by atoms with Gasteiger partial charge in [0.1, 0.15) is 12.7 Å². The topological polar surface area (TPSA) is 212 Å². The van der Waals surface area contributed by atoms with Gasteiger partial charge in [-0.05, 0) is 20.8 Å². The molecule has 1 aliphatic heterocycles. The zero-order valence-electron chi connectivity index (χ0n) is 19.3. The van der Waals surface area contributed by atoms with Crippen LogP contribution in [0.1, 0.15) is 33.6 Å². The first-order valence-electron chi connectivity index (χ1n) is 10.3. The highest BCUT2D eigenvalue weighted by Gasteiger charge is 2.40. The van der Waals surface area contributed by atoms with Crippen LogP contribution in [0.2, 0.25) is 0 Å². The summed E-state index contributed by atoms with van der Waals surface area (Å²) in [4.78, 5) is 32.6. The van der Waals surface area contributed by atoms with Crippen LogP contribution in [-0.4, -0.2) is 109 Å². The number of aromatic nitrogens is 2. The number of aliphatic hydroxyl groups excluding tert-OH is 1. The van der Waals surface area contributed by atoms with E-state index in [9.17, 15) is 19.5 Å². The Balaban J connectivity index is 0.000000385. The van der Waals surface area contributed by atoms with Crippen molar-refractivity contribution >= 4 is 35.5 Å². The summed E-state index contributed by atoms with van der Waals surface area (Å²) >= 11 is 1.12. The number of aliphatic hydroxyl groups is 2. The first kappa shape index (κ1) is 29.4. The minimum Gasteiger partial charge on any atom is -0.481 e. The predicted octanol–water partition coefficient (Wildman–Crippen LogP) is -0.746. The third-order valence-electron chi connectivity index (χ3n) is 4.32. The highest BCUT2D eigenvalue weighted by atomic mass is 32.1. The van der Waals surface area contributed by atoms with E-state index in [1.807, 2.05) is 0 Å². The molecule has 0 aromatic carbocycles. The van der Waals surface area contributed by atoms with Crippen LogP contribution in [0.25, 0.3) is 0 Å². The Hall–Kier alpha value is -2.59. The molecule has 0 aliphatic carbocycles. The second-order valence-electron chi connectivity index (χ2n) is 8.57. The van der Waals surface area contributed by atoms with Crippen LogP contribution >= 0.6 is 11.7 Å². The quantitative estimate of drug-likeness (QED) is 0.217. The minimum atomic E-state index is -2.74. The van der Waals surface area contributed by atoms with Crippen molar-refractivity contribution in [2.75, 3.05) is 44.4 Å².